The molecule has 7 nitrogen and oxygen atoms in total. The lowest BCUT2D eigenvalue weighted by Gasteiger charge is -2.20. The van der Waals surface area contributed by atoms with Crippen LogP contribution in [0.2, 0.25) is 5.02 Å². The van der Waals surface area contributed by atoms with Crippen molar-refractivity contribution in [1.82, 2.24) is 15.0 Å². The van der Waals surface area contributed by atoms with E-state index in [0.29, 0.717) is 28.0 Å². The Balaban J connectivity index is 1.76. The third-order valence-electron chi connectivity index (χ3n) is 5.53. The zero-order chi connectivity index (χ0) is 24.2. The molecule has 2 heterocycles. The Hall–Kier alpha value is -4.04. The monoisotopic (exact) mass is 478 g/mol. The molecule has 0 spiro atoms. The van der Waals surface area contributed by atoms with Gasteiger partial charge in [-0.3, -0.25) is 14.8 Å². The van der Waals surface area contributed by atoms with Crippen LogP contribution in [0.5, 0.6) is 0 Å². The number of pyridine rings is 1. The van der Waals surface area contributed by atoms with Crippen LogP contribution < -0.4 is 11.2 Å². The summed E-state index contributed by atoms with van der Waals surface area (Å²) in [5.41, 5.74) is 2.68. The van der Waals surface area contributed by atoms with Gasteiger partial charge in [0.05, 0.1) is 11.3 Å². The van der Waals surface area contributed by atoms with Gasteiger partial charge in [0.1, 0.15) is 5.82 Å². The molecule has 0 amide bonds. The Morgan fingerprint density at radius 3 is 2.56 bits per heavy atom. The number of benzene rings is 2. The molecule has 4 rings (SSSR count). The van der Waals surface area contributed by atoms with Crippen LogP contribution in [-0.2, 0) is 0 Å². The van der Waals surface area contributed by atoms with Gasteiger partial charge in [-0.2, -0.15) is 0 Å². The van der Waals surface area contributed by atoms with Gasteiger partial charge < -0.3 is 10.2 Å². The van der Waals surface area contributed by atoms with Crippen LogP contribution in [0.3, 0.4) is 0 Å². The minimum absolute atomic E-state index is 0.192. The van der Waals surface area contributed by atoms with Gasteiger partial charge in [-0.25, -0.2) is 9.18 Å². The van der Waals surface area contributed by atoms with Crippen molar-refractivity contribution in [2.45, 2.75) is 19.3 Å². The van der Waals surface area contributed by atoms with Gasteiger partial charge in [0.15, 0.2) is 0 Å². The molecule has 9 heteroatoms. The predicted octanol–water partition coefficient (Wildman–Crippen LogP) is 4.63. The van der Waals surface area contributed by atoms with E-state index in [4.69, 9.17) is 11.6 Å². The van der Waals surface area contributed by atoms with E-state index >= 15 is 0 Å². The summed E-state index contributed by atoms with van der Waals surface area (Å²) in [6.45, 7) is 1.83. The highest BCUT2D eigenvalue weighted by Crippen LogP contribution is 2.33. The van der Waals surface area contributed by atoms with Crippen LogP contribution in [0.4, 0.5) is 4.39 Å². The van der Waals surface area contributed by atoms with Gasteiger partial charge >= 0.3 is 5.69 Å². The quantitative estimate of drug-likeness (QED) is 0.213. The standard InChI is InChI=1S/C25H20ClFN4O3/c1-14-10-17(8-9-28-14)23(31-34)12-20(19-7-6-18(26)11-22(19)27)15-2-4-16(5-3-15)21-13-29-25(33)30-24(21)32/h2-11,13,20,34H,12H2,1H3,(H2,29,30,32,33). The second-order valence-corrected chi connectivity index (χ2v) is 8.20. The zero-order valence-corrected chi connectivity index (χ0v) is 18.8. The molecule has 4 aromatic rings. The van der Waals surface area contributed by atoms with Crippen molar-refractivity contribution in [3.05, 3.63) is 121 Å². The van der Waals surface area contributed by atoms with Gasteiger partial charge in [0.25, 0.3) is 5.56 Å². The fourth-order valence-electron chi connectivity index (χ4n) is 3.85. The lowest BCUT2D eigenvalue weighted by Crippen LogP contribution is -2.22. The van der Waals surface area contributed by atoms with Crippen LogP contribution >= 0.6 is 11.6 Å². The topological polar surface area (TPSA) is 111 Å². The molecule has 0 bridgehead atoms. The first-order chi connectivity index (χ1) is 16.4. The number of oxime groups is 1. The van der Waals surface area contributed by atoms with Crippen LogP contribution in [0.25, 0.3) is 11.1 Å². The third-order valence-corrected chi connectivity index (χ3v) is 5.76. The lowest BCUT2D eigenvalue weighted by molar-refractivity contribution is 0.317. The zero-order valence-electron chi connectivity index (χ0n) is 18.0. The molecule has 0 aliphatic rings. The number of hydrogen-bond donors (Lipinski definition) is 3. The molecule has 2 aromatic carbocycles. The Bertz CT molecular complexity index is 1480. The fraction of sp³-hybridized carbons (Fsp3) is 0.120. The van der Waals surface area contributed by atoms with Crippen LogP contribution in [0.15, 0.2) is 81.7 Å². The summed E-state index contributed by atoms with van der Waals surface area (Å²) in [5, 5.41) is 13.5. The van der Waals surface area contributed by atoms with Crippen molar-refractivity contribution in [2.75, 3.05) is 0 Å². The van der Waals surface area contributed by atoms with Gasteiger partial charge in [-0.05, 0) is 47.9 Å². The van der Waals surface area contributed by atoms with Crippen molar-refractivity contribution in [3.63, 3.8) is 0 Å². The van der Waals surface area contributed by atoms with E-state index in [-0.39, 0.29) is 11.4 Å². The predicted molar refractivity (Wildman–Crippen MR) is 128 cm³/mol. The van der Waals surface area contributed by atoms with Crippen LogP contribution in [-0.4, -0.2) is 25.9 Å². The SMILES string of the molecule is Cc1cc(C(CC(c2ccc(-c3c[nH]c(=O)[nH]c3=O)cc2)c2ccc(Cl)cc2F)=NO)ccn1. The molecule has 0 fully saturated rings. The molecule has 0 saturated heterocycles. The minimum Gasteiger partial charge on any atom is -0.411 e. The van der Waals surface area contributed by atoms with E-state index in [0.717, 1.165) is 11.3 Å². The number of aryl methyl sites for hydroxylation is 1. The second-order valence-electron chi connectivity index (χ2n) is 7.76. The Labute approximate surface area is 198 Å². The third kappa shape index (κ3) is 4.97. The molecule has 0 saturated carbocycles. The Morgan fingerprint density at radius 1 is 1.15 bits per heavy atom. The summed E-state index contributed by atoms with van der Waals surface area (Å²) in [4.78, 5) is 32.3. The van der Waals surface area contributed by atoms with E-state index in [1.54, 1.807) is 54.7 Å². The fourth-order valence-corrected chi connectivity index (χ4v) is 4.00. The molecule has 172 valence electrons. The minimum atomic E-state index is -0.592. The summed E-state index contributed by atoms with van der Waals surface area (Å²) in [5.74, 6) is -0.999. The van der Waals surface area contributed by atoms with Gasteiger partial charge in [-0.15, -0.1) is 0 Å². The molecule has 0 aliphatic carbocycles. The molecule has 3 N–H and O–H groups in total. The summed E-state index contributed by atoms with van der Waals surface area (Å²) in [6.07, 6.45) is 3.15. The van der Waals surface area contributed by atoms with Crippen molar-refractivity contribution >= 4 is 17.3 Å². The molecule has 0 aliphatic heterocycles. The van der Waals surface area contributed by atoms with E-state index in [1.165, 1.54) is 12.3 Å². The molecule has 1 unspecified atom stereocenters. The van der Waals surface area contributed by atoms with Crippen molar-refractivity contribution in [2.24, 2.45) is 5.16 Å². The van der Waals surface area contributed by atoms with E-state index in [1.807, 2.05) is 6.92 Å². The van der Waals surface area contributed by atoms with Gasteiger partial charge in [0.2, 0.25) is 0 Å². The summed E-state index contributed by atoms with van der Waals surface area (Å²) in [7, 11) is 0. The van der Waals surface area contributed by atoms with E-state index in [9.17, 15) is 19.2 Å². The van der Waals surface area contributed by atoms with Crippen molar-refractivity contribution < 1.29 is 9.60 Å². The molecule has 2 aromatic heterocycles. The number of halogens is 2. The molecule has 1 atom stereocenters. The summed E-state index contributed by atoms with van der Waals surface area (Å²) >= 11 is 5.96. The van der Waals surface area contributed by atoms with Gasteiger partial charge in [0, 0.05) is 41.0 Å². The number of nitrogens with one attached hydrogen (secondary N) is 2. The average Bonchev–Trinajstić information content (AvgIpc) is 2.81. The highest BCUT2D eigenvalue weighted by molar-refractivity contribution is 6.30. The molecule has 34 heavy (non-hydrogen) atoms. The first kappa shape index (κ1) is 23.1. The number of aromatic nitrogens is 3. The second kappa shape index (κ2) is 9.84. The smallest absolute Gasteiger partial charge is 0.325 e. The maximum Gasteiger partial charge on any atom is 0.325 e. The van der Waals surface area contributed by atoms with Crippen molar-refractivity contribution in [3.8, 4) is 11.1 Å². The number of hydrogen-bond acceptors (Lipinski definition) is 5. The molecule has 0 radical (unpaired) electrons. The first-order valence-electron chi connectivity index (χ1n) is 10.4. The van der Waals surface area contributed by atoms with Crippen LogP contribution in [0, 0.1) is 12.7 Å². The largest absolute Gasteiger partial charge is 0.411 e. The van der Waals surface area contributed by atoms with Crippen LogP contribution in [0.1, 0.15) is 34.7 Å². The van der Waals surface area contributed by atoms with E-state index in [2.05, 4.69) is 20.1 Å². The number of H-pyrrole nitrogens is 2. The normalized spacial score (nSPS) is 12.5. The highest BCUT2D eigenvalue weighted by Gasteiger charge is 2.22. The average molecular weight is 479 g/mol. The highest BCUT2D eigenvalue weighted by atomic mass is 35.5. The number of aromatic amines is 2. The number of rotatable bonds is 6. The Morgan fingerprint density at radius 2 is 1.91 bits per heavy atom. The molecular weight excluding hydrogens is 459 g/mol. The van der Waals surface area contributed by atoms with Gasteiger partial charge in [-0.1, -0.05) is 47.1 Å². The van der Waals surface area contributed by atoms with Crippen molar-refractivity contribution in [1.29, 1.82) is 0 Å². The summed E-state index contributed by atoms with van der Waals surface area (Å²) in [6, 6.07) is 14.9. The Kier molecular flexibility index (Phi) is 6.70. The first-order valence-corrected chi connectivity index (χ1v) is 10.7. The molecular formula is C25H20ClFN4O3. The summed E-state index contributed by atoms with van der Waals surface area (Å²) < 4.78 is 15.0. The maximum absolute atomic E-state index is 15.0. The maximum atomic E-state index is 15.0. The lowest BCUT2D eigenvalue weighted by atomic mass is 9.84. The van der Waals surface area contributed by atoms with E-state index < -0.39 is 23.0 Å². The number of nitrogens with zero attached hydrogens (tertiary/aromatic N) is 2.